The zero-order chi connectivity index (χ0) is 14.4. The molecule has 0 bridgehead atoms. The second-order valence-electron chi connectivity index (χ2n) is 5.14. The van der Waals surface area contributed by atoms with E-state index in [9.17, 15) is 4.79 Å². The Balaban J connectivity index is 1.84. The number of aryl methyl sites for hydroxylation is 1. The molecule has 1 heterocycles. The van der Waals surface area contributed by atoms with Gasteiger partial charge in [0, 0.05) is 0 Å². The lowest BCUT2D eigenvalue weighted by atomic mass is 10.1. The molecule has 108 valence electrons. The molecule has 0 unspecified atom stereocenters. The fraction of sp³-hybridized carbons (Fsp3) is 0.467. The lowest BCUT2D eigenvalue weighted by Crippen LogP contribution is -3.15. The van der Waals surface area contributed by atoms with E-state index in [-0.39, 0.29) is 5.91 Å². The van der Waals surface area contributed by atoms with Crippen molar-refractivity contribution < 1.29 is 14.4 Å². The highest BCUT2D eigenvalue weighted by molar-refractivity contribution is 5.99. The summed E-state index contributed by atoms with van der Waals surface area (Å²) in [5.74, 6) is -0.0478. The number of hydrogen-bond donors (Lipinski definition) is 2. The van der Waals surface area contributed by atoms with Crippen molar-refractivity contribution in [3.63, 3.8) is 0 Å². The van der Waals surface area contributed by atoms with Crippen LogP contribution in [0.2, 0.25) is 0 Å². The Bertz CT molecular complexity index is 476. The molecule has 1 aromatic rings. The quantitative estimate of drug-likeness (QED) is 0.588. The van der Waals surface area contributed by atoms with Crippen molar-refractivity contribution >= 4 is 11.6 Å². The van der Waals surface area contributed by atoms with Crippen LogP contribution in [0.25, 0.3) is 0 Å². The molecule has 0 radical (unpaired) electrons. The Morgan fingerprint density at radius 3 is 2.60 bits per heavy atom. The average molecular weight is 276 g/mol. The summed E-state index contributed by atoms with van der Waals surface area (Å²) in [6, 6.07) is 8.09. The lowest BCUT2D eigenvalue weighted by molar-refractivity contribution is -0.900. The first-order chi connectivity index (χ1) is 9.65. The van der Waals surface area contributed by atoms with Crippen molar-refractivity contribution in [1.29, 1.82) is 0 Å². The van der Waals surface area contributed by atoms with Gasteiger partial charge in [-0.15, -0.1) is 0 Å². The fourth-order valence-electron chi connectivity index (χ4n) is 2.11. The van der Waals surface area contributed by atoms with Crippen molar-refractivity contribution in [2.24, 2.45) is 5.10 Å². The zero-order valence-electron chi connectivity index (χ0n) is 12.1. The molecule has 1 amide bonds. The number of amides is 1. The van der Waals surface area contributed by atoms with Crippen LogP contribution in [0.3, 0.4) is 0 Å². The first-order valence-corrected chi connectivity index (χ1v) is 6.96. The van der Waals surface area contributed by atoms with Crippen molar-refractivity contribution in [2.45, 2.75) is 13.8 Å². The molecule has 0 atom stereocenters. The molecule has 5 heteroatoms. The van der Waals surface area contributed by atoms with E-state index in [1.807, 2.05) is 38.1 Å². The van der Waals surface area contributed by atoms with Gasteiger partial charge < -0.3 is 9.64 Å². The summed E-state index contributed by atoms with van der Waals surface area (Å²) in [7, 11) is 0. The number of ether oxygens (including phenoxy) is 1. The van der Waals surface area contributed by atoms with E-state index in [2.05, 4.69) is 10.5 Å². The van der Waals surface area contributed by atoms with Crippen LogP contribution < -0.4 is 10.3 Å². The third-order valence-electron chi connectivity index (χ3n) is 3.43. The number of hydrazone groups is 1. The SMILES string of the molecule is C/C(=N/NC(=O)C[NH+]1CCOCC1)c1ccc(C)cc1. The summed E-state index contributed by atoms with van der Waals surface area (Å²) >= 11 is 0. The first kappa shape index (κ1) is 14.7. The van der Waals surface area contributed by atoms with Gasteiger partial charge in [0.25, 0.3) is 5.91 Å². The van der Waals surface area contributed by atoms with Gasteiger partial charge in [-0.3, -0.25) is 4.79 Å². The minimum absolute atomic E-state index is 0.0478. The van der Waals surface area contributed by atoms with Crippen LogP contribution in [-0.4, -0.2) is 44.5 Å². The van der Waals surface area contributed by atoms with Crippen LogP contribution in [0.5, 0.6) is 0 Å². The van der Waals surface area contributed by atoms with E-state index < -0.39 is 0 Å². The molecule has 0 saturated carbocycles. The van der Waals surface area contributed by atoms with Crippen LogP contribution in [0.15, 0.2) is 29.4 Å². The maximum atomic E-state index is 11.8. The number of benzene rings is 1. The Kier molecular flexibility index (Phi) is 5.26. The van der Waals surface area contributed by atoms with Crippen LogP contribution in [0.4, 0.5) is 0 Å². The highest BCUT2D eigenvalue weighted by Crippen LogP contribution is 2.03. The van der Waals surface area contributed by atoms with Crippen molar-refractivity contribution in [1.82, 2.24) is 5.43 Å². The van der Waals surface area contributed by atoms with Crippen molar-refractivity contribution in [3.05, 3.63) is 35.4 Å². The molecule has 0 aromatic heterocycles. The monoisotopic (exact) mass is 276 g/mol. The number of carbonyl (C=O) groups excluding carboxylic acids is 1. The summed E-state index contributed by atoms with van der Waals surface area (Å²) in [6.45, 7) is 7.62. The van der Waals surface area contributed by atoms with E-state index >= 15 is 0 Å². The molecule has 20 heavy (non-hydrogen) atoms. The minimum atomic E-state index is -0.0478. The Labute approximate surface area is 119 Å². The molecular weight excluding hydrogens is 254 g/mol. The Hall–Kier alpha value is -1.72. The molecule has 2 N–H and O–H groups in total. The van der Waals surface area contributed by atoms with Gasteiger partial charge in [-0.1, -0.05) is 29.8 Å². The average Bonchev–Trinajstić information content (AvgIpc) is 2.46. The maximum Gasteiger partial charge on any atom is 0.295 e. The van der Waals surface area contributed by atoms with E-state index in [4.69, 9.17) is 4.74 Å². The maximum absolute atomic E-state index is 11.8. The summed E-state index contributed by atoms with van der Waals surface area (Å²) in [5, 5.41) is 4.16. The number of quaternary nitrogens is 1. The van der Waals surface area contributed by atoms with Gasteiger partial charge in [-0.05, 0) is 19.4 Å². The number of rotatable bonds is 4. The third-order valence-corrected chi connectivity index (χ3v) is 3.43. The number of nitrogens with one attached hydrogen (secondary N) is 2. The van der Waals surface area contributed by atoms with E-state index in [1.165, 1.54) is 10.5 Å². The smallest absolute Gasteiger partial charge is 0.295 e. The van der Waals surface area contributed by atoms with Crippen molar-refractivity contribution in [3.8, 4) is 0 Å². The fourth-order valence-corrected chi connectivity index (χ4v) is 2.11. The van der Waals surface area contributed by atoms with E-state index in [1.54, 1.807) is 0 Å². The highest BCUT2D eigenvalue weighted by Gasteiger charge is 2.17. The second kappa shape index (κ2) is 7.17. The minimum Gasteiger partial charge on any atom is -0.370 e. The van der Waals surface area contributed by atoms with Gasteiger partial charge in [0.15, 0.2) is 6.54 Å². The number of nitrogens with zero attached hydrogens (tertiary/aromatic N) is 1. The molecule has 5 nitrogen and oxygen atoms in total. The largest absolute Gasteiger partial charge is 0.370 e. The molecule has 1 aromatic carbocycles. The van der Waals surface area contributed by atoms with Crippen LogP contribution in [0, 0.1) is 6.92 Å². The molecule has 1 aliphatic heterocycles. The van der Waals surface area contributed by atoms with Gasteiger partial charge >= 0.3 is 0 Å². The van der Waals surface area contributed by atoms with E-state index in [0.717, 1.165) is 37.6 Å². The molecule has 0 aliphatic carbocycles. The summed E-state index contributed by atoms with van der Waals surface area (Å²) in [5.41, 5.74) is 5.68. The van der Waals surface area contributed by atoms with E-state index in [0.29, 0.717) is 6.54 Å². The molecule has 1 fully saturated rings. The second-order valence-corrected chi connectivity index (χ2v) is 5.14. The Morgan fingerprint density at radius 1 is 1.30 bits per heavy atom. The number of hydrogen-bond acceptors (Lipinski definition) is 3. The zero-order valence-corrected chi connectivity index (χ0v) is 12.1. The molecule has 2 rings (SSSR count). The van der Waals surface area contributed by atoms with Crippen LogP contribution >= 0.6 is 0 Å². The van der Waals surface area contributed by atoms with Gasteiger partial charge in [-0.2, -0.15) is 5.10 Å². The van der Waals surface area contributed by atoms with Gasteiger partial charge in [-0.25, -0.2) is 5.43 Å². The van der Waals surface area contributed by atoms with Gasteiger partial charge in [0.1, 0.15) is 13.1 Å². The Morgan fingerprint density at radius 2 is 1.95 bits per heavy atom. The topological polar surface area (TPSA) is 55.1 Å². The predicted octanol–water partition coefficient (Wildman–Crippen LogP) is -0.250. The molecule has 0 spiro atoms. The van der Waals surface area contributed by atoms with Gasteiger partial charge in [0.05, 0.1) is 18.9 Å². The molecule has 1 saturated heterocycles. The summed E-state index contributed by atoms with van der Waals surface area (Å²) in [6.07, 6.45) is 0. The summed E-state index contributed by atoms with van der Waals surface area (Å²) in [4.78, 5) is 13.1. The standard InChI is InChI=1S/C15H21N3O2/c1-12-3-5-14(6-4-12)13(2)16-17-15(19)11-18-7-9-20-10-8-18/h3-6H,7-11H2,1-2H3,(H,17,19)/p+1/b16-13-. The van der Waals surface area contributed by atoms with Gasteiger partial charge in [0.2, 0.25) is 0 Å². The highest BCUT2D eigenvalue weighted by atomic mass is 16.5. The number of morpholine rings is 1. The number of carbonyl (C=O) groups is 1. The predicted molar refractivity (Wildman–Crippen MR) is 77.9 cm³/mol. The summed E-state index contributed by atoms with van der Waals surface area (Å²) < 4.78 is 5.27. The first-order valence-electron chi connectivity index (χ1n) is 6.96. The normalized spacial score (nSPS) is 17.0. The molecular formula is C15H22N3O2+. The van der Waals surface area contributed by atoms with Crippen LogP contribution in [-0.2, 0) is 9.53 Å². The van der Waals surface area contributed by atoms with Crippen LogP contribution in [0.1, 0.15) is 18.1 Å². The molecule has 1 aliphatic rings. The lowest BCUT2D eigenvalue weighted by Gasteiger charge is -2.22. The van der Waals surface area contributed by atoms with Crippen molar-refractivity contribution in [2.75, 3.05) is 32.8 Å². The third kappa shape index (κ3) is 4.43.